The Hall–Kier alpha value is -3.67. The summed E-state index contributed by atoms with van der Waals surface area (Å²) in [5.74, 6) is 2.55. The molecule has 0 unspecified atom stereocenters. The Morgan fingerprint density at radius 3 is 2.46 bits per heavy atom. The van der Waals surface area contributed by atoms with Crippen molar-refractivity contribution in [3.63, 3.8) is 0 Å². The Bertz CT molecular complexity index is 1590. The van der Waals surface area contributed by atoms with E-state index in [9.17, 15) is 0 Å². The summed E-state index contributed by atoms with van der Waals surface area (Å²) in [7, 11) is 0. The number of benzene rings is 1. The Morgan fingerprint density at radius 2 is 1.77 bits per heavy atom. The first-order valence-corrected chi connectivity index (χ1v) is 14.4. The van der Waals surface area contributed by atoms with Gasteiger partial charge in [0.2, 0.25) is 0 Å². The highest BCUT2D eigenvalue weighted by molar-refractivity contribution is 5.89. The summed E-state index contributed by atoms with van der Waals surface area (Å²) < 4.78 is 12.0. The molecule has 0 amide bonds. The van der Waals surface area contributed by atoms with E-state index in [1.54, 1.807) is 0 Å². The average molecular weight is 521 g/mol. The molecule has 1 aliphatic heterocycles. The van der Waals surface area contributed by atoms with E-state index >= 15 is 0 Å². The number of hydrogen-bond acceptors (Lipinski definition) is 6. The third kappa shape index (κ3) is 4.21. The van der Waals surface area contributed by atoms with Crippen molar-refractivity contribution in [3.8, 4) is 17.0 Å². The van der Waals surface area contributed by atoms with Gasteiger partial charge < -0.3 is 14.2 Å². The number of ether oxygens (including phenoxy) is 1. The van der Waals surface area contributed by atoms with Crippen molar-refractivity contribution in [3.05, 3.63) is 70.9 Å². The summed E-state index contributed by atoms with van der Waals surface area (Å²) >= 11 is 0. The normalized spacial score (nSPS) is 18.4. The number of rotatable bonds is 6. The van der Waals surface area contributed by atoms with E-state index in [-0.39, 0.29) is 5.41 Å². The van der Waals surface area contributed by atoms with E-state index in [4.69, 9.17) is 14.2 Å². The van der Waals surface area contributed by atoms with Crippen molar-refractivity contribution in [2.24, 2.45) is 5.41 Å². The fourth-order valence-corrected chi connectivity index (χ4v) is 6.67. The number of piperidine rings is 1. The molecule has 2 fully saturated rings. The van der Waals surface area contributed by atoms with Gasteiger partial charge in [-0.1, -0.05) is 11.2 Å². The second-order valence-electron chi connectivity index (χ2n) is 11.8. The van der Waals surface area contributed by atoms with Gasteiger partial charge in [0.15, 0.2) is 0 Å². The van der Waals surface area contributed by atoms with E-state index in [0.29, 0.717) is 12.5 Å². The van der Waals surface area contributed by atoms with Crippen LogP contribution in [0.25, 0.3) is 27.7 Å². The van der Waals surface area contributed by atoms with Crippen molar-refractivity contribution in [1.29, 1.82) is 0 Å². The van der Waals surface area contributed by atoms with Gasteiger partial charge in [0.25, 0.3) is 0 Å². The monoisotopic (exact) mass is 520 g/mol. The summed E-state index contributed by atoms with van der Waals surface area (Å²) in [4.78, 5) is 11.6. The van der Waals surface area contributed by atoms with Crippen molar-refractivity contribution in [2.45, 2.75) is 65.7 Å². The lowest BCUT2D eigenvalue weighted by Gasteiger charge is -2.47. The topological polar surface area (TPSA) is 64.3 Å². The summed E-state index contributed by atoms with van der Waals surface area (Å²) in [5, 5.41) is 5.74. The first kappa shape index (κ1) is 24.4. The van der Waals surface area contributed by atoms with Crippen LogP contribution in [0.5, 0.6) is 5.75 Å². The van der Waals surface area contributed by atoms with Crippen LogP contribution >= 0.6 is 0 Å². The molecule has 1 saturated carbocycles. The van der Waals surface area contributed by atoms with Crippen molar-refractivity contribution in [1.82, 2.24) is 15.1 Å². The zero-order valence-corrected chi connectivity index (χ0v) is 23.4. The molecule has 3 aliphatic rings. The van der Waals surface area contributed by atoms with Crippen LogP contribution in [0.1, 0.15) is 73.1 Å². The molecule has 1 spiro atoms. The van der Waals surface area contributed by atoms with E-state index in [1.807, 2.05) is 32.3 Å². The number of pyridine rings is 2. The highest BCUT2D eigenvalue weighted by atomic mass is 16.5. The van der Waals surface area contributed by atoms with Gasteiger partial charge in [-0.3, -0.25) is 9.97 Å². The minimum absolute atomic E-state index is 0.273. The minimum Gasteiger partial charge on any atom is -0.493 e. The number of aryl methyl sites for hydroxylation is 3. The van der Waals surface area contributed by atoms with E-state index in [1.165, 1.54) is 35.2 Å². The number of allylic oxidation sites excluding steroid dienone is 2. The van der Waals surface area contributed by atoms with Crippen LogP contribution in [0.4, 0.5) is 5.69 Å². The number of aromatic nitrogens is 3. The molecule has 0 N–H and O–H groups in total. The van der Waals surface area contributed by atoms with Crippen LogP contribution in [0, 0.1) is 26.2 Å². The summed E-state index contributed by atoms with van der Waals surface area (Å²) in [5.41, 5.74) is 10.7. The molecule has 0 radical (unpaired) electrons. The largest absolute Gasteiger partial charge is 0.493 e. The zero-order chi connectivity index (χ0) is 26.7. The maximum atomic E-state index is 6.03. The number of nitrogens with zero attached hydrogens (tertiary/aromatic N) is 4. The summed E-state index contributed by atoms with van der Waals surface area (Å²) in [6.45, 7) is 11.1. The van der Waals surface area contributed by atoms with Gasteiger partial charge in [-0.15, -0.1) is 0 Å². The molecule has 4 heterocycles. The van der Waals surface area contributed by atoms with Gasteiger partial charge in [-0.2, -0.15) is 0 Å². The highest BCUT2D eigenvalue weighted by Gasteiger charge is 2.44. The number of hydrogen-bond donors (Lipinski definition) is 0. The Labute approximate surface area is 230 Å². The molecule has 1 aromatic carbocycles. The predicted octanol–water partition coefficient (Wildman–Crippen LogP) is 7.56. The van der Waals surface area contributed by atoms with Crippen molar-refractivity contribution >= 4 is 22.2 Å². The smallest absolute Gasteiger partial charge is 0.147 e. The van der Waals surface area contributed by atoms with Crippen LogP contribution in [0.15, 0.2) is 47.3 Å². The van der Waals surface area contributed by atoms with Crippen molar-refractivity contribution in [2.75, 3.05) is 24.6 Å². The molecule has 6 nitrogen and oxygen atoms in total. The maximum Gasteiger partial charge on any atom is 0.147 e. The van der Waals surface area contributed by atoms with Crippen LogP contribution < -0.4 is 9.64 Å². The lowest BCUT2D eigenvalue weighted by Crippen LogP contribution is -2.42. The Kier molecular flexibility index (Phi) is 5.76. The Morgan fingerprint density at radius 1 is 1.03 bits per heavy atom. The second-order valence-corrected chi connectivity index (χ2v) is 11.8. The van der Waals surface area contributed by atoms with E-state index in [0.717, 1.165) is 77.3 Å². The first-order chi connectivity index (χ1) is 18.9. The van der Waals surface area contributed by atoms with E-state index in [2.05, 4.69) is 53.2 Å². The maximum absolute atomic E-state index is 6.03. The van der Waals surface area contributed by atoms with Gasteiger partial charge in [0.05, 0.1) is 12.1 Å². The third-order valence-corrected chi connectivity index (χ3v) is 8.88. The van der Waals surface area contributed by atoms with Gasteiger partial charge >= 0.3 is 0 Å². The standard InChI is InChI=1S/C33H36N4O2/c1-5-38-28-14-22(4)35-27-9-8-25(15-26(27)28)37-12-10-33(11-13-37)16-24(17-33)30-31(36-39-32(30)23-6-7-23)29-20(2)18-34-19-21(29)3/h8-9,14-16,18-19,23H,5-7,10-13,17H2,1-4H3. The molecule has 6 heteroatoms. The van der Waals surface area contributed by atoms with Gasteiger partial charge in [-0.05, 0) is 100 Å². The van der Waals surface area contributed by atoms with Crippen LogP contribution in [-0.2, 0) is 0 Å². The minimum atomic E-state index is 0.273. The molecule has 3 aromatic heterocycles. The lowest BCUT2D eigenvalue weighted by molar-refractivity contribution is 0.277. The van der Waals surface area contributed by atoms with Crippen LogP contribution in [0.2, 0.25) is 0 Å². The number of anilines is 1. The highest BCUT2D eigenvalue weighted by Crippen LogP contribution is 2.56. The van der Waals surface area contributed by atoms with Crippen LogP contribution in [-0.4, -0.2) is 34.8 Å². The lowest BCUT2D eigenvalue weighted by atomic mass is 9.63. The zero-order valence-electron chi connectivity index (χ0n) is 23.4. The molecule has 4 aromatic rings. The fourth-order valence-electron chi connectivity index (χ4n) is 6.67. The summed E-state index contributed by atoms with van der Waals surface area (Å²) in [6, 6.07) is 8.67. The second kappa shape index (κ2) is 9.22. The molecule has 39 heavy (non-hydrogen) atoms. The SMILES string of the molecule is CCOc1cc(C)nc2ccc(N3CCC4(C=C(c5c(-c6c(C)cncc6C)noc5C5CC5)C4)CC3)cc12. The quantitative estimate of drug-likeness (QED) is 0.261. The summed E-state index contributed by atoms with van der Waals surface area (Å²) in [6.07, 6.45) is 12.3. The van der Waals surface area contributed by atoms with Gasteiger partial charge in [0, 0.05) is 65.4 Å². The average Bonchev–Trinajstić information content (AvgIpc) is 3.67. The molecule has 1 saturated heterocycles. The van der Waals surface area contributed by atoms with E-state index < -0.39 is 0 Å². The van der Waals surface area contributed by atoms with Gasteiger partial charge in [-0.25, -0.2) is 0 Å². The molecular formula is C33H36N4O2. The van der Waals surface area contributed by atoms with Crippen molar-refractivity contribution < 1.29 is 9.26 Å². The first-order valence-electron chi connectivity index (χ1n) is 14.4. The fraction of sp³-hybridized carbons (Fsp3) is 0.424. The number of fused-ring (bicyclic) bond motifs is 1. The molecular weight excluding hydrogens is 484 g/mol. The Balaban J connectivity index is 1.14. The van der Waals surface area contributed by atoms with Gasteiger partial charge in [0.1, 0.15) is 17.2 Å². The molecule has 0 bridgehead atoms. The predicted molar refractivity (Wildman–Crippen MR) is 155 cm³/mol. The molecule has 2 aliphatic carbocycles. The third-order valence-electron chi connectivity index (χ3n) is 8.88. The molecule has 200 valence electrons. The molecule has 7 rings (SSSR count). The molecule has 0 atom stereocenters. The van der Waals surface area contributed by atoms with Crippen LogP contribution in [0.3, 0.4) is 0 Å².